The second-order valence-electron chi connectivity index (χ2n) is 6.40. The van der Waals surface area contributed by atoms with E-state index in [-0.39, 0.29) is 5.92 Å². The lowest BCUT2D eigenvalue weighted by Crippen LogP contribution is -2.32. The third kappa shape index (κ3) is 4.29. The van der Waals surface area contributed by atoms with Crippen LogP contribution < -0.4 is 5.32 Å². The van der Waals surface area contributed by atoms with E-state index in [4.69, 9.17) is 0 Å². The van der Waals surface area contributed by atoms with Gasteiger partial charge in [0.1, 0.15) is 0 Å². The van der Waals surface area contributed by atoms with Crippen LogP contribution in [-0.2, 0) is 12.8 Å². The highest BCUT2D eigenvalue weighted by molar-refractivity contribution is 6.00. The van der Waals surface area contributed by atoms with Crippen LogP contribution in [0.5, 0.6) is 0 Å². The molecule has 0 saturated heterocycles. The third-order valence-electron chi connectivity index (χ3n) is 4.72. The lowest BCUT2D eigenvalue weighted by Gasteiger charge is -2.23. The van der Waals surface area contributed by atoms with Crippen molar-refractivity contribution < 1.29 is 4.79 Å². The molecule has 1 aliphatic carbocycles. The minimum Gasteiger partial charge on any atom is -0.316 e. The maximum absolute atomic E-state index is 12.5. The number of benzene rings is 2. The molecule has 1 aliphatic rings. The molecule has 1 N–H and O–H groups in total. The van der Waals surface area contributed by atoms with Crippen molar-refractivity contribution in [3.63, 3.8) is 0 Å². The van der Waals surface area contributed by atoms with Crippen molar-refractivity contribution in [1.82, 2.24) is 5.32 Å². The molecule has 2 heteroatoms. The molecule has 0 heterocycles. The largest absolute Gasteiger partial charge is 0.316 e. The quantitative estimate of drug-likeness (QED) is 0.782. The van der Waals surface area contributed by atoms with E-state index < -0.39 is 0 Å². The summed E-state index contributed by atoms with van der Waals surface area (Å²) in [7, 11) is 0. The Morgan fingerprint density at radius 2 is 1.74 bits per heavy atom. The second kappa shape index (κ2) is 8.07. The van der Waals surface area contributed by atoms with Crippen LogP contribution in [0.25, 0.3) is 0 Å². The van der Waals surface area contributed by atoms with Crippen molar-refractivity contribution >= 4 is 5.78 Å². The van der Waals surface area contributed by atoms with Gasteiger partial charge in [0, 0.05) is 18.0 Å². The predicted octanol–water partition coefficient (Wildman–Crippen LogP) is 4.04. The molecule has 2 aromatic rings. The number of aryl methyl sites for hydroxylation is 2. The average molecular weight is 307 g/mol. The molecule has 0 fully saturated rings. The van der Waals surface area contributed by atoms with Crippen molar-refractivity contribution in [3.8, 4) is 0 Å². The Balaban J connectivity index is 1.36. The van der Waals surface area contributed by atoms with Crippen molar-refractivity contribution in [1.29, 1.82) is 0 Å². The van der Waals surface area contributed by atoms with Crippen LogP contribution in [0.1, 0.15) is 40.7 Å². The van der Waals surface area contributed by atoms with Gasteiger partial charge in [0.15, 0.2) is 5.78 Å². The van der Waals surface area contributed by atoms with Gasteiger partial charge in [-0.15, -0.1) is 0 Å². The summed E-state index contributed by atoms with van der Waals surface area (Å²) in [6.45, 7) is 1.82. The minimum atomic E-state index is 0.152. The highest BCUT2D eigenvalue weighted by atomic mass is 16.1. The molecule has 0 spiro atoms. The summed E-state index contributed by atoms with van der Waals surface area (Å²) in [6, 6.07) is 18.7. The van der Waals surface area contributed by atoms with Crippen LogP contribution in [0.15, 0.2) is 54.6 Å². The Kier molecular flexibility index (Phi) is 5.60. The summed E-state index contributed by atoms with van der Waals surface area (Å²) in [5.41, 5.74) is 3.57. The van der Waals surface area contributed by atoms with Crippen LogP contribution in [-0.4, -0.2) is 18.9 Å². The van der Waals surface area contributed by atoms with Crippen molar-refractivity contribution in [2.24, 2.45) is 5.92 Å². The zero-order valence-corrected chi connectivity index (χ0v) is 13.6. The summed E-state index contributed by atoms with van der Waals surface area (Å²) < 4.78 is 0. The van der Waals surface area contributed by atoms with Crippen LogP contribution in [0, 0.1) is 5.92 Å². The lowest BCUT2D eigenvalue weighted by atomic mass is 9.83. The number of carbonyl (C=O) groups excluding carboxylic acids is 1. The zero-order chi connectivity index (χ0) is 15.9. The molecule has 2 nitrogen and oxygen atoms in total. The van der Waals surface area contributed by atoms with Crippen molar-refractivity contribution in [3.05, 3.63) is 71.3 Å². The monoisotopic (exact) mass is 307 g/mol. The average Bonchev–Trinajstić information content (AvgIpc) is 2.61. The SMILES string of the molecule is O=C1c2ccccc2CCC1CNCCCCc1ccccc1. The van der Waals surface area contributed by atoms with E-state index in [1.165, 1.54) is 17.5 Å². The fourth-order valence-corrected chi connectivity index (χ4v) is 3.35. The first-order valence-corrected chi connectivity index (χ1v) is 8.71. The Bertz CT molecular complexity index is 635. The molecular weight excluding hydrogens is 282 g/mol. The molecule has 3 rings (SSSR count). The molecule has 0 saturated carbocycles. The first-order valence-electron chi connectivity index (χ1n) is 8.71. The lowest BCUT2D eigenvalue weighted by molar-refractivity contribution is 0.0901. The normalized spacial score (nSPS) is 17.0. The molecule has 0 bridgehead atoms. The fraction of sp³-hybridized carbons (Fsp3) is 0.381. The summed E-state index contributed by atoms with van der Waals surface area (Å²) in [4.78, 5) is 12.5. The number of unbranched alkanes of at least 4 members (excludes halogenated alkanes) is 1. The highest BCUT2D eigenvalue weighted by Gasteiger charge is 2.26. The van der Waals surface area contributed by atoms with Crippen LogP contribution in [0.2, 0.25) is 0 Å². The Hall–Kier alpha value is -1.93. The summed E-state index contributed by atoms with van der Waals surface area (Å²) in [6.07, 6.45) is 5.50. The number of carbonyl (C=O) groups is 1. The first kappa shape index (κ1) is 15.9. The second-order valence-corrected chi connectivity index (χ2v) is 6.40. The Morgan fingerprint density at radius 3 is 2.61 bits per heavy atom. The van der Waals surface area contributed by atoms with Gasteiger partial charge >= 0.3 is 0 Å². The summed E-state index contributed by atoms with van der Waals surface area (Å²) >= 11 is 0. The summed E-state index contributed by atoms with van der Waals surface area (Å²) in [5, 5.41) is 3.48. The van der Waals surface area contributed by atoms with Gasteiger partial charge in [0.05, 0.1) is 0 Å². The standard InChI is InChI=1S/C21H25NO/c23-21-19(14-13-18-11-4-5-12-20(18)21)16-22-15-7-6-10-17-8-2-1-3-9-17/h1-5,8-9,11-12,19,22H,6-7,10,13-16H2. The van der Waals surface area contributed by atoms with E-state index in [1.807, 2.05) is 18.2 Å². The molecule has 1 unspecified atom stereocenters. The van der Waals surface area contributed by atoms with E-state index in [0.717, 1.165) is 44.3 Å². The zero-order valence-electron chi connectivity index (χ0n) is 13.6. The van der Waals surface area contributed by atoms with Gasteiger partial charge < -0.3 is 5.32 Å². The number of Topliss-reactive ketones (excluding diaryl/α,β-unsaturated/α-hetero) is 1. The van der Waals surface area contributed by atoms with Gasteiger partial charge in [-0.3, -0.25) is 4.79 Å². The number of ketones is 1. The van der Waals surface area contributed by atoms with Crippen molar-refractivity contribution in [2.75, 3.05) is 13.1 Å². The molecule has 23 heavy (non-hydrogen) atoms. The first-order chi connectivity index (χ1) is 11.3. The topological polar surface area (TPSA) is 29.1 Å². The molecule has 1 atom stereocenters. The van der Waals surface area contributed by atoms with Gasteiger partial charge in [-0.2, -0.15) is 0 Å². The van der Waals surface area contributed by atoms with Crippen molar-refractivity contribution in [2.45, 2.75) is 32.1 Å². The van der Waals surface area contributed by atoms with Crippen LogP contribution in [0.4, 0.5) is 0 Å². The molecular formula is C21H25NO. The van der Waals surface area contributed by atoms with Gasteiger partial charge in [0.2, 0.25) is 0 Å². The van der Waals surface area contributed by atoms with Gasteiger partial charge in [-0.25, -0.2) is 0 Å². The van der Waals surface area contributed by atoms with Gasteiger partial charge in [-0.1, -0.05) is 54.6 Å². The molecule has 0 aromatic heterocycles. The Morgan fingerprint density at radius 1 is 0.957 bits per heavy atom. The molecule has 0 aliphatic heterocycles. The number of fused-ring (bicyclic) bond motifs is 1. The number of rotatable bonds is 7. The van der Waals surface area contributed by atoms with E-state index in [9.17, 15) is 4.79 Å². The maximum Gasteiger partial charge on any atom is 0.167 e. The van der Waals surface area contributed by atoms with Crippen LogP contribution in [0.3, 0.4) is 0 Å². The van der Waals surface area contributed by atoms with Gasteiger partial charge in [0.25, 0.3) is 0 Å². The molecule has 0 radical (unpaired) electrons. The summed E-state index contributed by atoms with van der Waals surface area (Å²) in [5.74, 6) is 0.475. The molecule has 120 valence electrons. The number of hydrogen-bond acceptors (Lipinski definition) is 2. The smallest absolute Gasteiger partial charge is 0.167 e. The molecule has 2 aromatic carbocycles. The fourth-order valence-electron chi connectivity index (χ4n) is 3.35. The van der Waals surface area contributed by atoms with E-state index in [1.54, 1.807) is 0 Å². The maximum atomic E-state index is 12.5. The predicted molar refractivity (Wildman–Crippen MR) is 94.8 cm³/mol. The number of nitrogens with one attached hydrogen (secondary N) is 1. The number of hydrogen-bond donors (Lipinski definition) is 1. The van der Waals surface area contributed by atoms with Crippen LogP contribution >= 0.6 is 0 Å². The van der Waals surface area contributed by atoms with E-state index in [2.05, 4.69) is 41.7 Å². The van der Waals surface area contributed by atoms with Gasteiger partial charge in [-0.05, 0) is 49.8 Å². The van der Waals surface area contributed by atoms with E-state index in [0.29, 0.717) is 5.78 Å². The van der Waals surface area contributed by atoms with E-state index >= 15 is 0 Å². The minimum absolute atomic E-state index is 0.152. The Labute approximate surface area is 138 Å². The third-order valence-corrected chi connectivity index (χ3v) is 4.72. The molecule has 0 amide bonds. The highest BCUT2D eigenvalue weighted by Crippen LogP contribution is 2.24.